The molecule has 160 valence electrons. The number of hydrogen-bond acceptors (Lipinski definition) is 11. The first-order valence-electron chi connectivity index (χ1n) is 9.18. The fraction of sp³-hybridized carbons (Fsp3) is 0.667. The second kappa shape index (κ2) is 7.67. The number of hydrogen-bond donors (Lipinski definition) is 4. The fourth-order valence-corrected chi connectivity index (χ4v) is 4.12. The smallest absolute Gasteiger partial charge is 0.338 e. The van der Waals surface area contributed by atoms with Crippen molar-refractivity contribution in [3.63, 3.8) is 0 Å². The highest BCUT2D eigenvalue weighted by Crippen LogP contribution is 2.49. The predicted molar refractivity (Wildman–Crippen MR) is 89.4 cm³/mol. The van der Waals surface area contributed by atoms with E-state index in [4.69, 9.17) is 23.7 Å². The second-order valence-corrected chi connectivity index (χ2v) is 7.35. The molecule has 4 rings (SSSR count). The second-order valence-electron chi connectivity index (χ2n) is 7.35. The van der Waals surface area contributed by atoms with Gasteiger partial charge in [-0.1, -0.05) is 0 Å². The van der Waals surface area contributed by atoms with Crippen molar-refractivity contribution in [2.45, 2.75) is 50.0 Å². The topological polar surface area (TPSA) is 161 Å². The van der Waals surface area contributed by atoms with Crippen LogP contribution in [0.3, 0.4) is 0 Å². The molecule has 11 nitrogen and oxygen atoms in total. The Hall–Kier alpha value is -2.02. The van der Waals surface area contributed by atoms with E-state index in [-0.39, 0.29) is 6.61 Å². The normalized spacial score (nSPS) is 43.1. The van der Waals surface area contributed by atoms with Crippen molar-refractivity contribution in [1.29, 1.82) is 0 Å². The van der Waals surface area contributed by atoms with Gasteiger partial charge in [-0.15, -0.1) is 0 Å². The molecule has 3 aliphatic heterocycles. The van der Waals surface area contributed by atoms with Gasteiger partial charge in [-0.05, 0) is 11.6 Å². The molecule has 2 saturated heterocycles. The zero-order valence-electron chi connectivity index (χ0n) is 15.4. The summed E-state index contributed by atoms with van der Waals surface area (Å²) in [5, 5.41) is 39.4. The van der Waals surface area contributed by atoms with Crippen LogP contribution in [0.2, 0.25) is 0 Å². The molecule has 0 bridgehead atoms. The number of aliphatic hydroxyl groups excluding tert-OH is 4. The maximum atomic E-state index is 12.0. The van der Waals surface area contributed by atoms with Crippen LogP contribution >= 0.6 is 0 Å². The SMILES string of the molecule is CC(=O)OCC1=C[C@@H]2OC(=O)C3=COC(O[C@@H]4O[C@H](CO)[C@@H](O)[C@H](O)[C@H]4O)C1C32. The summed E-state index contributed by atoms with van der Waals surface area (Å²) >= 11 is 0. The number of rotatable bonds is 5. The molecule has 1 aliphatic carbocycles. The number of carbonyl (C=O) groups excluding carboxylic acids is 2. The third kappa shape index (κ3) is 3.43. The average Bonchev–Trinajstić information content (AvgIpc) is 3.20. The maximum absolute atomic E-state index is 12.0. The van der Waals surface area contributed by atoms with E-state index in [2.05, 4.69) is 0 Å². The molecular weight excluding hydrogens is 392 g/mol. The first-order chi connectivity index (χ1) is 13.8. The van der Waals surface area contributed by atoms with Crippen molar-refractivity contribution >= 4 is 11.9 Å². The van der Waals surface area contributed by atoms with Crippen LogP contribution < -0.4 is 0 Å². The van der Waals surface area contributed by atoms with Crippen LogP contribution in [-0.4, -0.2) is 88.7 Å². The van der Waals surface area contributed by atoms with Crippen molar-refractivity contribution in [3.8, 4) is 0 Å². The quantitative estimate of drug-likeness (QED) is 0.283. The van der Waals surface area contributed by atoms with Gasteiger partial charge in [-0.2, -0.15) is 0 Å². The van der Waals surface area contributed by atoms with Crippen molar-refractivity contribution in [2.24, 2.45) is 11.8 Å². The molecular formula is C18H22O11. The largest absolute Gasteiger partial charge is 0.471 e. The third-order valence-corrected chi connectivity index (χ3v) is 5.57. The lowest BCUT2D eigenvalue weighted by molar-refractivity contribution is -0.339. The van der Waals surface area contributed by atoms with Gasteiger partial charge in [0.15, 0.2) is 6.29 Å². The summed E-state index contributed by atoms with van der Waals surface area (Å²) in [4.78, 5) is 23.2. The van der Waals surface area contributed by atoms with Crippen molar-refractivity contribution in [2.75, 3.05) is 13.2 Å². The fourth-order valence-electron chi connectivity index (χ4n) is 4.12. The Labute approximate surface area is 165 Å². The van der Waals surface area contributed by atoms with Gasteiger partial charge in [0, 0.05) is 12.8 Å². The summed E-state index contributed by atoms with van der Waals surface area (Å²) in [7, 11) is 0. The van der Waals surface area contributed by atoms with Crippen LogP contribution in [-0.2, 0) is 33.3 Å². The van der Waals surface area contributed by atoms with Gasteiger partial charge in [0.25, 0.3) is 0 Å². The van der Waals surface area contributed by atoms with Crippen LogP contribution in [0.25, 0.3) is 0 Å². The lowest BCUT2D eigenvalue weighted by Gasteiger charge is -2.42. The molecule has 9 atom stereocenters. The molecule has 4 aliphatic rings. The van der Waals surface area contributed by atoms with Crippen molar-refractivity contribution in [3.05, 3.63) is 23.5 Å². The van der Waals surface area contributed by atoms with Crippen LogP contribution in [0.5, 0.6) is 0 Å². The molecule has 11 heteroatoms. The molecule has 0 spiro atoms. The standard InChI is InChI=1S/C18H22O11/c1-6(20)25-4-7-2-9-12-8(16(24)27-9)5-26-17(11(7)12)29-18-15(23)14(22)13(21)10(3-19)28-18/h2,5,9-15,17-19,21-23H,3-4H2,1H3/t9-,10+,11?,12?,13+,14-,15+,17?,18-/m0/s1. The minimum atomic E-state index is -1.61. The van der Waals surface area contributed by atoms with E-state index in [1.165, 1.54) is 13.2 Å². The summed E-state index contributed by atoms with van der Waals surface area (Å²) in [6.45, 7) is 0.602. The highest BCUT2D eigenvalue weighted by molar-refractivity contribution is 5.92. The first-order valence-corrected chi connectivity index (χ1v) is 9.18. The Morgan fingerprint density at radius 3 is 2.59 bits per heavy atom. The average molecular weight is 414 g/mol. The molecule has 0 aromatic rings. The lowest BCUT2D eigenvalue weighted by atomic mass is 9.84. The van der Waals surface area contributed by atoms with Gasteiger partial charge in [0.2, 0.25) is 6.29 Å². The van der Waals surface area contributed by atoms with Crippen LogP contribution in [0.4, 0.5) is 0 Å². The number of ether oxygens (including phenoxy) is 5. The minimum Gasteiger partial charge on any atom is -0.471 e. The molecule has 3 unspecified atom stereocenters. The minimum absolute atomic E-state index is 0.0598. The Balaban J connectivity index is 1.56. The molecule has 0 amide bonds. The lowest BCUT2D eigenvalue weighted by Crippen LogP contribution is -2.60. The first kappa shape index (κ1) is 20.3. The van der Waals surface area contributed by atoms with Crippen molar-refractivity contribution < 1.29 is 53.7 Å². The summed E-state index contributed by atoms with van der Waals surface area (Å²) < 4.78 is 27.0. The Morgan fingerprint density at radius 2 is 1.90 bits per heavy atom. The van der Waals surface area contributed by atoms with Crippen LogP contribution in [0, 0.1) is 11.8 Å². The summed E-state index contributed by atoms with van der Waals surface area (Å²) in [6, 6.07) is 0. The zero-order valence-corrected chi connectivity index (χ0v) is 15.4. The maximum Gasteiger partial charge on any atom is 0.338 e. The van der Waals surface area contributed by atoms with E-state index >= 15 is 0 Å². The van der Waals surface area contributed by atoms with E-state index in [0.29, 0.717) is 11.1 Å². The van der Waals surface area contributed by atoms with E-state index < -0.39 is 73.5 Å². The van der Waals surface area contributed by atoms with E-state index in [1.807, 2.05) is 0 Å². The molecule has 0 radical (unpaired) electrons. The Kier molecular flexibility index (Phi) is 5.36. The van der Waals surface area contributed by atoms with E-state index in [0.717, 1.165) is 0 Å². The molecule has 0 aromatic heterocycles. The predicted octanol–water partition coefficient (Wildman–Crippen LogP) is -2.30. The van der Waals surface area contributed by atoms with Gasteiger partial charge < -0.3 is 44.1 Å². The Bertz CT molecular complexity index is 744. The molecule has 29 heavy (non-hydrogen) atoms. The molecule has 2 fully saturated rings. The monoisotopic (exact) mass is 414 g/mol. The molecule has 0 aromatic carbocycles. The van der Waals surface area contributed by atoms with E-state index in [1.54, 1.807) is 6.08 Å². The number of esters is 2. The Morgan fingerprint density at radius 1 is 1.14 bits per heavy atom. The highest BCUT2D eigenvalue weighted by Gasteiger charge is 2.56. The molecule has 0 saturated carbocycles. The van der Waals surface area contributed by atoms with Gasteiger partial charge >= 0.3 is 11.9 Å². The van der Waals surface area contributed by atoms with E-state index in [9.17, 15) is 30.0 Å². The van der Waals surface area contributed by atoms with Gasteiger partial charge in [-0.25, -0.2) is 4.79 Å². The van der Waals surface area contributed by atoms with Gasteiger partial charge in [-0.3, -0.25) is 4.79 Å². The molecule has 3 heterocycles. The van der Waals surface area contributed by atoms with Gasteiger partial charge in [0.1, 0.15) is 37.1 Å². The molecule has 4 N–H and O–H groups in total. The number of aliphatic hydroxyl groups is 4. The van der Waals surface area contributed by atoms with Gasteiger partial charge in [0.05, 0.1) is 24.4 Å². The third-order valence-electron chi connectivity index (χ3n) is 5.57. The summed E-state index contributed by atoms with van der Waals surface area (Å²) in [5.74, 6) is -1.99. The summed E-state index contributed by atoms with van der Waals surface area (Å²) in [6.07, 6.45) is -6.03. The van der Waals surface area contributed by atoms with Crippen LogP contribution in [0.15, 0.2) is 23.5 Å². The number of carbonyl (C=O) groups is 2. The van der Waals surface area contributed by atoms with Crippen molar-refractivity contribution in [1.82, 2.24) is 0 Å². The zero-order chi connectivity index (χ0) is 20.9. The highest BCUT2D eigenvalue weighted by atomic mass is 16.8. The summed E-state index contributed by atoms with van der Waals surface area (Å²) in [5.41, 5.74) is 0.936. The van der Waals surface area contributed by atoms with Crippen LogP contribution in [0.1, 0.15) is 6.92 Å².